The number of aromatic amines is 1. The fourth-order valence-corrected chi connectivity index (χ4v) is 5.48. The van der Waals surface area contributed by atoms with E-state index in [1.807, 2.05) is 32.0 Å². The summed E-state index contributed by atoms with van der Waals surface area (Å²) in [6.07, 6.45) is 7.98. The third-order valence-corrected chi connectivity index (χ3v) is 7.79. The number of H-pyrrole nitrogens is 1. The lowest BCUT2D eigenvalue weighted by atomic mass is 9.91. The van der Waals surface area contributed by atoms with Gasteiger partial charge in [-0.25, -0.2) is 0 Å². The summed E-state index contributed by atoms with van der Waals surface area (Å²) in [6, 6.07) is 5.99. The Morgan fingerprint density at radius 2 is 1.82 bits per heavy atom. The van der Waals surface area contributed by atoms with Gasteiger partial charge in [0.25, 0.3) is 5.91 Å². The highest BCUT2D eigenvalue weighted by Crippen LogP contribution is 2.49. The lowest BCUT2D eigenvalue weighted by Crippen LogP contribution is -2.43. The van der Waals surface area contributed by atoms with E-state index in [0.29, 0.717) is 41.5 Å². The van der Waals surface area contributed by atoms with Crippen LogP contribution in [0.1, 0.15) is 67.9 Å². The molecule has 3 aliphatic rings. The number of carbonyl (C=O) groups excluding carboxylic acids is 2. The van der Waals surface area contributed by atoms with E-state index in [0.717, 1.165) is 53.8 Å². The summed E-state index contributed by atoms with van der Waals surface area (Å²) in [5.41, 5.74) is 4.36. The van der Waals surface area contributed by atoms with Gasteiger partial charge in [0.05, 0.1) is 23.3 Å². The highest BCUT2D eigenvalue weighted by atomic mass is 16.7. The molecule has 38 heavy (non-hydrogen) atoms. The minimum atomic E-state index is -0.137. The number of pyridine rings is 1. The van der Waals surface area contributed by atoms with Gasteiger partial charge >= 0.3 is 0 Å². The number of nitrogens with one attached hydrogen (secondary N) is 3. The lowest BCUT2D eigenvalue weighted by molar-refractivity contribution is -0.121. The maximum atomic E-state index is 13.5. The van der Waals surface area contributed by atoms with E-state index >= 15 is 0 Å². The summed E-state index contributed by atoms with van der Waals surface area (Å²) in [6.45, 7) is 4.59. The summed E-state index contributed by atoms with van der Waals surface area (Å²) in [5, 5.41) is 6.28. The van der Waals surface area contributed by atoms with Crippen molar-refractivity contribution in [3.05, 3.63) is 35.7 Å². The van der Waals surface area contributed by atoms with E-state index < -0.39 is 0 Å². The van der Waals surface area contributed by atoms with Crippen molar-refractivity contribution >= 4 is 22.8 Å². The van der Waals surface area contributed by atoms with Gasteiger partial charge in [0.2, 0.25) is 12.7 Å². The molecule has 6 rings (SSSR count). The third-order valence-electron chi connectivity index (χ3n) is 7.79. The second-order valence-corrected chi connectivity index (χ2v) is 10.6. The monoisotopic (exact) mass is 518 g/mol. The first-order chi connectivity index (χ1) is 18.5. The minimum absolute atomic E-state index is 0.0650. The summed E-state index contributed by atoms with van der Waals surface area (Å²) in [7, 11) is 0. The van der Waals surface area contributed by atoms with Crippen LogP contribution in [0.3, 0.4) is 0 Å². The van der Waals surface area contributed by atoms with Gasteiger partial charge < -0.3 is 29.8 Å². The van der Waals surface area contributed by atoms with Crippen LogP contribution < -0.4 is 24.8 Å². The number of amides is 2. The van der Waals surface area contributed by atoms with E-state index in [2.05, 4.69) is 20.6 Å². The molecule has 0 saturated heterocycles. The van der Waals surface area contributed by atoms with Crippen LogP contribution in [0.4, 0.5) is 0 Å². The molecule has 9 heteroatoms. The fraction of sp³-hybridized carbons (Fsp3) is 0.483. The maximum absolute atomic E-state index is 13.5. The van der Waals surface area contributed by atoms with Crippen LogP contribution >= 0.6 is 0 Å². The first kappa shape index (κ1) is 24.6. The van der Waals surface area contributed by atoms with Crippen LogP contribution in [0.25, 0.3) is 22.2 Å². The van der Waals surface area contributed by atoms with Gasteiger partial charge in [0.15, 0.2) is 11.5 Å². The van der Waals surface area contributed by atoms with E-state index in [-0.39, 0.29) is 30.7 Å². The molecule has 0 spiro atoms. The summed E-state index contributed by atoms with van der Waals surface area (Å²) < 4.78 is 17.8. The number of aromatic nitrogens is 2. The Morgan fingerprint density at radius 1 is 1.05 bits per heavy atom. The van der Waals surface area contributed by atoms with Gasteiger partial charge in [0.1, 0.15) is 11.3 Å². The predicted octanol–water partition coefficient (Wildman–Crippen LogP) is 4.62. The second-order valence-electron chi connectivity index (χ2n) is 10.6. The zero-order chi connectivity index (χ0) is 26.2. The molecule has 2 aromatic heterocycles. The number of ether oxygens (including phenoxy) is 3. The van der Waals surface area contributed by atoms with Crippen molar-refractivity contribution in [3.8, 4) is 28.4 Å². The van der Waals surface area contributed by atoms with Gasteiger partial charge in [-0.3, -0.25) is 14.6 Å². The maximum Gasteiger partial charge on any atom is 0.255 e. The molecule has 2 amide bonds. The SMILES string of the molecule is CCC(=O)N[C@H]1CC[C@@H](NC(=O)c2c(C)[nH]c3c(-c4c(OCC5CC5)ccc5c4OCO5)ccnc23)CC1. The second kappa shape index (κ2) is 10.2. The lowest BCUT2D eigenvalue weighted by Gasteiger charge is -2.29. The molecule has 0 unspecified atom stereocenters. The average molecular weight is 519 g/mol. The number of hydrogen-bond acceptors (Lipinski definition) is 6. The molecule has 3 aromatic rings. The number of hydrogen-bond donors (Lipinski definition) is 3. The van der Waals surface area contributed by atoms with Crippen LogP contribution in [0.2, 0.25) is 0 Å². The molecule has 200 valence electrons. The highest BCUT2D eigenvalue weighted by Gasteiger charge is 2.30. The highest BCUT2D eigenvalue weighted by molar-refractivity contribution is 6.10. The number of aryl methyl sites for hydroxylation is 1. The van der Waals surface area contributed by atoms with Crippen molar-refractivity contribution in [2.24, 2.45) is 5.92 Å². The number of fused-ring (bicyclic) bond motifs is 2. The van der Waals surface area contributed by atoms with Crippen LogP contribution in [-0.4, -0.2) is 47.3 Å². The molecular formula is C29H34N4O5. The molecule has 1 aromatic carbocycles. The molecule has 2 aliphatic carbocycles. The fourth-order valence-electron chi connectivity index (χ4n) is 5.48. The normalized spacial score (nSPS) is 20.4. The van der Waals surface area contributed by atoms with Crippen molar-refractivity contribution < 1.29 is 23.8 Å². The number of rotatable bonds is 8. The number of carbonyl (C=O) groups is 2. The molecule has 3 N–H and O–H groups in total. The van der Waals surface area contributed by atoms with Gasteiger partial charge in [-0.05, 0) is 69.6 Å². The molecular weight excluding hydrogens is 484 g/mol. The van der Waals surface area contributed by atoms with Gasteiger partial charge in [-0.15, -0.1) is 0 Å². The Balaban J connectivity index is 1.27. The van der Waals surface area contributed by atoms with E-state index in [4.69, 9.17) is 14.2 Å². The Labute approximate surface area is 221 Å². The van der Waals surface area contributed by atoms with Gasteiger partial charge in [-0.2, -0.15) is 0 Å². The first-order valence-corrected chi connectivity index (χ1v) is 13.6. The number of nitrogens with zero attached hydrogens (tertiary/aromatic N) is 1. The van der Waals surface area contributed by atoms with Crippen molar-refractivity contribution in [2.45, 2.75) is 70.9 Å². The molecule has 2 fully saturated rings. The largest absolute Gasteiger partial charge is 0.493 e. The molecule has 0 atom stereocenters. The molecule has 3 heterocycles. The standard InChI is InChI=1S/C29H34N4O5/c1-3-23(34)32-18-6-8-19(9-7-18)33-29(35)24-16(2)31-26-20(12-13-30-27(24)26)25-21(36-14-17-4-5-17)10-11-22-28(25)38-15-37-22/h10-13,17-19,31H,3-9,14-15H2,1-2H3,(H,32,34)(H,33,35)/t18-,19+. The zero-order valence-electron chi connectivity index (χ0n) is 21.9. The van der Waals surface area contributed by atoms with Crippen molar-refractivity contribution in [1.29, 1.82) is 0 Å². The number of benzene rings is 1. The van der Waals surface area contributed by atoms with E-state index in [9.17, 15) is 9.59 Å². The third kappa shape index (κ3) is 4.77. The zero-order valence-corrected chi connectivity index (χ0v) is 21.9. The van der Waals surface area contributed by atoms with Crippen molar-refractivity contribution in [3.63, 3.8) is 0 Å². The average Bonchev–Trinajstić information content (AvgIpc) is 3.51. The molecule has 0 bridgehead atoms. The van der Waals surface area contributed by atoms with E-state index in [1.54, 1.807) is 6.20 Å². The summed E-state index contributed by atoms with van der Waals surface area (Å²) in [5.74, 6) is 2.61. The van der Waals surface area contributed by atoms with Gasteiger partial charge in [0, 0.05) is 36.0 Å². The minimum Gasteiger partial charge on any atom is -0.493 e. The summed E-state index contributed by atoms with van der Waals surface area (Å²) >= 11 is 0. The molecule has 9 nitrogen and oxygen atoms in total. The summed E-state index contributed by atoms with van der Waals surface area (Å²) in [4.78, 5) is 33.2. The van der Waals surface area contributed by atoms with Gasteiger partial charge in [-0.1, -0.05) is 6.92 Å². The Bertz CT molecular complexity index is 1370. The Kier molecular flexibility index (Phi) is 6.59. The Hall–Kier alpha value is -3.75. The topological polar surface area (TPSA) is 115 Å². The predicted molar refractivity (Wildman–Crippen MR) is 143 cm³/mol. The van der Waals surface area contributed by atoms with Crippen LogP contribution in [0.15, 0.2) is 24.4 Å². The molecule has 0 radical (unpaired) electrons. The van der Waals surface area contributed by atoms with E-state index in [1.165, 1.54) is 12.8 Å². The smallest absolute Gasteiger partial charge is 0.255 e. The van der Waals surface area contributed by atoms with Crippen LogP contribution in [-0.2, 0) is 4.79 Å². The van der Waals surface area contributed by atoms with Crippen LogP contribution in [0.5, 0.6) is 17.2 Å². The molecule has 1 aliphatic heterocycles. The molecule has 2 saturated carbocycles. The first-order valence-electron chi connectivity index (χ1n) is 13.6. The van der Waals surface area contributed by atoms with Crippen LogP contribution in [0, 0.1) is 12.8 Å². The Morgan fingerprint density at radius 3 is 2.55 bits per heavy atom. The van der Waals surface area contributed by atoms with Crippen molar-refractivity contribution in [2.75, 3.05) is 13.4 Å². The van der Waals surface area contributed by atoms with Crippen molar-refractivity contribution in [1.82, 2.24) is 20.6 Å². The quantitative estimate of drug-likeness (QED) is 0.401.